The van der Waals surface area contributed by atoms with Crippen molar-refractivity contribution in [1.82, 2.24) is 9.62 Å². The fraction of sp³-hybridized carbons (Fsp3) is 0.400. The third kappa shape index (κ3) is 4.97. The van der Waals surface area contributed by atoms with E-state index in [1.54, 1.807) is 32.2 Å². The number of halogens is 1. The molecule has 6 nitrogen and oxygen atoms in total. The molecule has 0 unspecified atom stereocenters. The first-order valence-electron chi connectivity index (χ1n) is 9.27. The van der Waals surface area contributed by atoms with Gasteiger partial charge < -0.3 is 9.64 Å². The number of hydrogen-bond donors (Lipinski definition) is 1. The van der Waals surface area contributed by atoms with Crippen molar-refractivity contribution in [3.8, 4) is 5.75 Å². The van der Waals surface area contributed by atoms with Gasteiger partial charge >= 0.3 is 0 Å². The van der Waals surface area contributed by atoms with Crippen LogP contribution in [-0.4, -0.2) is 59.7 Å². The Balaban J connectivity index is 1.48. The van der Waals surface area contributed by atoms with Gasteiger partial charge in [-0.1, -0.05) is 17.7 Å². The normalized spacial score (nSPS) is 15.6. The van der Waals surface area contributed by atoms with Crippen LogP contribution in [0.25, 0.3) is 0 Å². The van der Waals surface area contributed by atoms with Gasteiger partial charge in [0.05, 0.1) is 12.0 Å². The minimum atomic E-state index is -3.56. The minimum absolute atomic E-state index is 0.240. The van der Waals surface area contributed by atoms with E-state index in [0.29, 0.717) is 23.7 Å². The van der Waals surface area contributed by atoms with Crippen molar-refractivity contribution >= 4 is 27.3 Å². The summed E-state index contributed by atoms with van der Waals surface area (Å²) in [4.78, 5) is 4.84. The first-order valence-corrected chi connectivity index (χ1v) is 11.1. The third-order valence-corrected chi connectivity index (χ3v) is 7.05. The van der Waals surface area contributed by atoms with Gasteiger partial charge in [-0.25, -0.2) is 13.1 Å². The molecule has 3 rings (SSSR count). The Morgan fingerprint density at radius 3 is 2.39 bits per heavy atom. The number of rotatable bonds is 7. The Bertz CT molecular complexity index is 895. The smallest absolute Gasteiger partial charge is 0.240 e. The summed E-state index contributed by atoms with van der Waals surface area (Å²) in [5, 5.41) is 0.456. The third-order valence-electron chi connectivity index (χ3n) is 5.04. The highest BCUT2D eigenvalue weighted by molar-refractivity contribution is 7.89. The molecule has 1 aliphatic heterocycles. The molecular formula is C20H26ClN3O3S. The molecule has 0 aromatic heterocycles. The lowest BCUT2D eigenvalue weighted by Gasteiger charge is -2.36. The number of benzene rings is 2. The van der Waals surface area contributed by atoms with Crippen LogP contribution in [0.3, 0.4) is 0 Å². The number of nitrogens with one attached hydrogen (secondary N) is 1. The summed E-state index contributed by atoms with van der Waals surface area (Å²) in [5.41, 5.74) is 1.75. The molecule has 0 amide bonds. The zero-order valence-corrected chi connectivity index (χ0v) is 17.8. The first kappa shape index (κ1) is 20.9. The van der Waals surface area contributed by atoms with Crippen molar-refractivity contribution < 1.29 is 13.2 Å². The summed E-state index contributed by atoms with van der Waals surface area (Å²) in [6.07, 6.45) is 0. The summed E-state index contributed by atoms with van der Waals surface area (Å²) in [6, 6.07) is 13.0. The molecule has 0 bridgehead atoms. The van der Waals surface area contributed by atoms with Crippen molar-refractivity contribution in [3.63, 3.8) is 0 Å². The highest BCUT2D eigenvalue weighted by Gasteiger charge is 2.20. The monoisotopic (exact) mass is 423 g/mol. The topological polar surface area (TPSA) is 61.9 Å². The molecule has 28 heavy (non-hydrogen) atoms. The van der Waals surface area contributed by atoms with Gasteiger partial charge in [-0.2, -0.15) is 0 Å². The summed E-state index contributed by atoms with van der Waals surface area (Å²) in [5.74, 6) is 0.851. The number of methoxy groups -OCH3 is 1. The SMILES string of the molecule is COc1ccc(N2CCN(CCNS(=O)(=O)c3cccc(Cl)c3C)CC2)cc1. The van der Waals surface area contributed by atoms with Gasteiger partial charge in [0.15, 0.2) is 0 Å². The largest absolute Gasteiger partial charge is 0.497 e. The number of sulfonamides is 1. The number of nitrogens with zero attached hydrogens (tertiary/aromatic N) is 2. The Morgan fingerprint density at radius 2 is 1.75 bits per heavy atom. The van der Waals surface area contributed by atoms with E-state index in [4.69, 9.17) is 16.3 Å². The van der Waals surface area contributed by atoms with Crippen molar-refractivity contribution in [2.75, 3.05) is 51.3 Å². The molecule has 0 spiro atoms. The van der Waals surface area contributed by atoms with E-state index in [1.165, 1.54) is 5.69 Å². The molecule has 0 radical (unpaired) electrons. The molecule has 0 saturated carbocycles. The van der Waals surface area contributed by atoms with E-state index >= 15 is 0 Å². The van der Waals surface area contributed by atoms with Crippen LogP contribution >= 0.6 is 11.6 Å². The Morgan fingerprint density at radius 1 is 1.07 bits per heavy atom. The number of piperazine rings is 1. The quantitative estimate of drug-likeness (QED) is 0.742. The zero-order chi connectivity index (χ0) is 20.1. The van der Waals surface area contributed by atoms with Crippen LogP contribution in [0.5, 0.6) is 5.75 Å². The molecule has 1 aliphatic rings. The molecular weight excluding hydrogens is 398 g/mol. The maximum absolute atomic E-state index is 12.5. The lowest BCUT2D eigenvalue weighted by atomic mass is 10.2. The van der Waals surface area contributed by atoms with E-state index in [-0.39, 0.29) is 4.90 Å². The Labute approximate surface area is 172 Å². The van der Waals surface area contributed by atoms with Crippen molar-refractivity contribution in [1.29, 1.82) is 0 Å². The highest BCUT2D eigenvalue weighted by Crippen LogP contribution is 2.23. The molecule has 0 aliphatic carbocycles. The first-order chi connectivity index (χ1) is 13.4. The average Bonchev–Trinajstić information content (AvgIpc) is 2.70. The maximum atomic E-state index is 12.5. The van der Waals surface area contributed by atoms with Crippen molar-refractivity contribution in [2.45, 2.75) is 11.8 Å². The lowest BCUT2D eigenvalue weighted by molar-refractivity contribution is 0.262. The molecule has 0 atom stereocenters. The molecule has 8 heteroatoms. The molecule has 1 N–H and O–H groups in total. The molecule has 1 heterocycles. The Kier molecular flexibility index (Phi) is 6.82. The van der Waals surface area contributed by atoms with Gasteiger partial charge in [0.1, 0.15) is 5.75 Å². The van der Waals surface area contributed by atoms with Gasteiger partial charge in [0, 0.05) is 50.0 Å². The second kappa shape index (κ2) is 9.13. The predicted octanol–water partition coefficient (Wildman–Crippen LogP) is 2.76. The van der Waals surface area contributed by atoms with E-state index in [2.05, 4.69) is 26.7 Å². The molecule has 1 saturated heterocycles. The van der Waals surface area contributed by atoms with Crippen LogP contribution in [-0.2, 0) is 10.0 Å². The van der Waals surface area contributed by atoms with Crippen LogP contribution in [0.1, 0.15) is 5.56 Å². The van der Waals surface area contributed by atoms with E-state index < -0.39 is 10.0 Å². The van der Waals surface area contributed by atoms with Crippen LogP contribution < -0.4 is 14.4 Å². The fourth-order valence-corrected chi connectivity index (χ4v) is 4.83. The Hall–Kier alpha value is -1.80. The van der Waals surface area contributed by atoms with Crippen LogP contribution in [0.2, 0.25) is 5.02 Å². The minimum Gasteiger partial charge on any atom is -0.497 e. The molecule has 152 valence electrons. The summed E-state index contributed by atoms with van der Waals surface area (Å²) >= 11 is 6.04. The summed E-state index contributed by atoms with van der Waals surface area (Å²) in [6.45, 7) is 6.37. The maximum Gasteiger partial charge on any atom is 0.240 e. The number of ether oxygens (including phenoxy) is 1. The second-order valence-corrected chi connectivity index (χ2v) is 8.93. The van der Waals surface area contributed by atoms with Gasteiger partial charge in [0.2, 0.25) is 10.0 Å². The van der Waals surface area contributed by atoms with Crippen molar-refractivity contribution in [3.05, 3.63) is 53.1 Å². The van der Waals surface area contributed by atoms with Crippen LogP contribution in [0.4, 0.5) is 5.69 Å². The molecule has 2 aromatic rings. The predicted molar refractivity (Wildman–Crippen MR) is 113 cm³/mol. The van der Waals surface area contributed by atoms with Crippen molar-refractivity contribution in [2.24, 2.45) is 0 Å². The zero-order valence-electron chi connectivity index (χ0n) is 16.2. The average molecular weight is 424 g/mol. The van der Waals surface area contributed by atoms with E-state index in [9.17, 15) is 8.42 Å². The van der Waals surface area contributed by atoms with Gasteiger partial charge in [-0.05, 0) is 48.9 Å². The molecule has 1 fully saturated rings. The van der Waals surface area contributed by atoms with Gasteiger partial charge in [0.25, 0.3) is 0 Å². The van der Waals surface area contributed by atoms with Crippen LogP contribution in [0.15, 0.2) is 47.4 Å². The number of anilines is 1. The summed E-state index contributed by atoms with van der Waals surface area (Å²) < 4.78 is 33.0. The van der Waals surface area contributed by atoms with Gasteiger partial charge in [-0.3, -0.25) is 4.90 Å². The van der Waals surface area contributed by atoms with E-state index in [1.807, 2.05) is 12.1 Å². The standard InChI is InChI=1S/C20H26ClN3O3S/c1-16-19(21)4-3-5-20(16)28(25,26)22-10-11-23-12-14-24(15-13-23)17-6-8-18(27-2)9-7-17/h3-9,22H,10-15H2,1-2H3. The molecule has 2 aromatic carbocycles. The van der Waals surface area contributed by atoms with Gasteiger partial charge in [-0.15, -0.1) is 0 Å². The lowest BCUT2D eigenvalue weighted by Crippen LogP contribution is -2.48. The van der Waals surface area contributed by atoms with E-state index in [0.717, 1.165) is 31.9 Å². The second-order valence-electron chi connectivity index (χ2n) is 6.79. The highest BCUT2D eigenvalue weighted by atomic mass is 35.5. The number of hydrogen-bond acceptors (Lipinski definition) is 5. The summed E-state index contributed by atoms with van der Waals surface area (Å²) in [7, 11) is -1.90. The van der Waals surface area contributed by atoms with Crippen LogP contribution in [0, 0.1) is 6.92 Å². The fourth-order valence-electron chi connectivity index (χ4n) is 3.32.